The number of hydrogen-bond donors (Lipinski definition) is 1. The van der Waals surface area contributed by atoms with Crippen LogP contribution in [0.1, 0.15) is 51.0 Å². The monoisotopic (exact) mass is 358 g/mol. The Morgan fingerprint density at radius 1 is 1.35 bits per heavy atom. The van der Waals surface area contributed by atoms with Gasteiger partial charge in [0.25, 0.3) is 0 Å². The number of nitrogens with zero attached hydrogens (tertiary/aromatic N) is 1. The number of anilines is 1. The van der Waals surface area contributed by atoms with Gasteiger partial charge in [0, 0.05) is 38.4 Å². The van der Waals surface area contributed by atoms with E-state index in [0.29, 0.717) is 25.6 Å². The first-order valence-corrected chi connectivity index (χ1v) is 9.80. The molecule has 0 radical (unpaired) electrons. The summed E-state index contributed by atoms with van der Waals surface area (Å²) in [6, 6.07) is 8.05. The fourth-order valence-corrected chi connectivity index (χ4v) is 3.25. The fourth-order valence-electron chi connectivity index (χ4n) is 3.25. The maximum absolute atomic E-state index is 12.4. The first-order chi connectivity index (χ1) is 12.5. The molecule has 1 saturated carbocycles. The molecule has 1 aromatic rings. The number of ether oxygens (including phenoxy) is 1. The summed E-state index contributed by atoms with van der Waals surface area (Å²) >= 11 is 0. The van der Waals surface area contributed by atoms with Gasteiger partial charge in [-0.1, -0.05) is 26.0 Å². The van der Waals surface area contributed by atoms with Crippen molar-refractivity contribution in [2.24, 2.45) is 11.8 Å². The van der Waals surface area contributed by atoms with Crippen LogP contribution < -0.4 is 10.2 Å². The van der Waals surface area contributed by atoms with Crippen LogP contribution in [0.15, 0.2) is 24.3 Å². The second-order valence-electron chi connectivity index (χ2n) is 7.82. The van der Waals surface area contributed by atoms with Crippen LogP contribution in [0.25, 0.3) is 0 Å². The van der Waals surface area contributed by atoms with Gasteiger partial charge in [-0.15, -0.1) is 0 Å². The minimum atomic E-state index is -0.266. The van der Waals surface area contributed by atoms with Crippen LogP contribution in [-0.2, 0) is 14.3 Å². The van der Waals surface area contributed by atoms with E-state index >= 15 is 0 Å². The van der Waals surface area contributed by atoms with E-state index in [2.05, 4.69) is 31.3 Å². The Morgan fingerprint density at radius 2 is 2.15 bits per heavy atom. The van der Waals surface area contributed by atoms with Crippen LogP contribution in [0.4, 0.5) is 5.69 Å². The van der Waals surface area contributed by atoms with Crippen molar-refractivity contribution in [2.75, 3.05) is 31.2 Å². The lowest BCUT2D eigenvalue weighted by Gasteiger charge is -2.18. The SMILES string of the molecule is CC(C)c1cccc(N2CC(C(=O)NCCCOCC3CC3)CC2=O)c1. The van der Waals surface area contributed by atoms with Gasteiger partial charge >= 0.3 is 0 Å². The summed E-state index contributed by atoms with van der Waals surface area (Å²) in [6.07, 6.45) is 3.70. The van der Waals surface area contributed by atoms with Gasteiger partial charge in [-0.05, 0) is 48.8 Å². The second kappa shape index (κ2) is 8.67. The van der Waals surface area contributed by atoms with Gasteiger partial charge in [0.05, 0.1) is 5.92 Å². The summed E-state index contributed by atoms with van der Waals surface area (Å²) in [4.78, 5) is 26.5. The normalized spacial score (nSPS) is 20.0. The van der Waals surface area contributed by atoms with Crippen molar-refractivity contribution < 1.29 is 14.3 Å². The van der Waals surface area contributed by atoms with Crippen molar-refractivity contribution in [3.63, 3.8) is 0 Å². The van der Waals surface area contributed by atoms with Crippen LogP contribution >= 0.6 is 0 Å². The van der Waals surface area contributed by atoms with Crippen molar-refractivity contribution in [3.05, 3.63) is 29.8 Å². The molecule has 0 bridgehead atoms. The van der Waals surface area contributed by atoms with Crippen LogP contribution in [0.5, 0.6) is 0 Å². The van der Waals surface area contributed by atoms with Crippen molar-refractivity contribution >= 4 is 17.5 Å². The average Bonchev–Trinajstić information content (AvgIpc) is 3.37. The zero-order chi connectivity index (χ0) is 18.5. The summed E-state index contributed by atoms with van der Waals surface area (Å²) in [6.45, 7) is 6.89. The highest BCUT2D eigenvalue weighted by molar-refractivity contribution is 6.00. The highest BCUT2D eigenvalue weighted by atomic mass is 16.5. The summed E-state index contributed by atoms with van der Waals surface area (Å²) in [5.74, 6) is 0.919. The van der Waals surface area contributed by atoms with E-state index in [1.807, 2.05) is 12.1 Å². The maximum Gasteiger partial charge on any atom is 0.227 e. The standard InChI is InChI=1S/C21H30N2O3/c1-15(2)17-5-3-6-19(11-17)23-13-18(12-20(23)24)21(25)22-9-4-10-26-14-16-7-8-16/h3,5-6,11,15-16,18H,4,7-10,12-14H2,1-2H3,(H,22,25). The Morgan fingerprint density at radius 3 is 2.88 bits per heavy atom. The molecule has 2 amide bonds. The van der Waals surface area contributed by atoms with Gasteiger partial charge in [0.1, 0.15) is 0 Å². The molecular formula is C21H30N2O3. The molecule has 2 fully saturated rings. The van der Waals surface area contributed by atoms with Gasteiger partial charge in [-0.3, -0.25) is 9.59 Å². The molecule has 2 aliphatic rings. The Hall–Kier alpha value is -1.88. The zero-order valence-corrected chi connectivity index (χ0v) is 15.9. The molecule has 1 heterocycles. The van der Waals surface area contributed by atoms with E-state index in [1.54, 1.807) is 4.90 Å². The van der Waals surface area contributed by atoms with Crippen molar-refractivity contribution in [1.82, 2.24) is 5.32 Å². The average molecular weight is 358 g/mol. The third-order valence-corrected chi connectivity index (χ3v) is 5.16. The molecule has 0 spiro atoms. The van der Waals surface area contributed by atoms with E-state index in [9.17, 15) is 9.59 Å². The maximum atomic E-state index is 12.4. The first kappa shape index (κ1) is 18.9. The van der Waals surface area contributed by atoms with Crippen molar-refractivity contribution in [1.29, 1.82) is 0 Å². The van der Waals surface area contributed by atoms with Gasteiger partial charge in [0.15, 0.2) is 0 Å². The Bertz CT molecular complexity index is 640. The summed E-state index contributed by atoms with van der Waals surface area (Å²) in [7, 11) is 0. The highest BCUT2D eigenvalue weighted by Crippen LogP contribution is 2.29. The Labute approximate surface area is 156 Å². The number of amides is 2. The molecule has 1 unspecified atom stereocenters. The third kappa shape index (κ3) is 5.07. The molecule has 3 rings (SSSR count). The van der Waals surface area contributed by atoms with E-state index in [1.165, 1.54) is 18.4 Å². The van der Waals surface area contributed by atoms with E-state index in [0.717, 1.165) is 24.6 Å². The highest BCUT2D eigenvalue weighted by Gasteiger charge is 2.35. The predicted octanol–water partition coefficient (Wildman–Crippen LogP) is 3.10. The molecule has 1 N–H and O–H groups in total. The molecule has 5 nitrogen and oxygen atoms in total. The van der Waals surface area contributed by atoms with E-state index in [4.69, 9.17) is 4.74 Å². The van der Waals surface area contributed by atoms with Crippen LogP contribution in [0, 0.1) is 11.8 Å². The van der Waals surface area contributed by atoms with E-state index < -0.39 is 0 Å². The number of rotatable bonds is 9. The fraction of sp³-hybridized carbons (Fsp3) is 0.619. The van der Waals surface area contributed by atoms with Gasteiger partial charge in [-0.2, -0.15) is 0 Å². The smallest absolute Gasteiger partial charge is 0.227 e. The Kier molecular flexibility index (Phi) is 6.30. The number of carbonyl (C=O) groups excluding carboxylic acids is 2. The lowest BCUT2D eigenvalue weighted by molar-refractivity contribution is -0.126. The molecule has 5 heteroatoms. The van der Waals surface area contributed by atoms with Gasteiger partial charge in [-0.25, -0.2) is 0 Å². The summed E-state index contributed by atoms with van der Waals surface area (Å²) < 4.78 is 5.57. The topological polar surface area (TPSA) is 58.6 Å². The minimum absolute atomic E-state index is 0.0249. The minimum Gasteiger partial charge on any atom is -0.381 e. The van der Waals surface area contributed by atoms with Crippen molar-refractivity contribution in [2.45, 2.75) is 45.4 Å². The number of nitrogens with one attached hydrogen (secondary N) is 1. The molecule has 1 aromatic carbocycles. The quantitative estimate of drug-likeness (QED) is 0.690. The van der Waals surface area contributed by atoms with Crippen LogP contribution in [0.3, 0.4) is 0 Å². The third-order valence-electron chi connectivity index (χ3n) is 5.16. The van der Waals surface area contributed by atoms with Crippen LogP contribution in [-0.4, -0.2) is 38.1 Å². The lowest BCUT2D eigenvalue weighted by atomic mass is 10.0. The number of carbonyl (C=O) groups is 2. The van der Waals surface area contributed by atoms with Crippen molar-refractivity contribution in [3.8, 4) is 0 Å². The van der Waals surface area contributed by atoms with E-state index in [-0.39, 0.29) is 24.2 Å². The largest absolute Gasteiger partial charge is 0.381 e. The Balaban J connectivity index is 1.44. The molecule has 26 heavy (non-hydrogen) atoms. The van der Waals surface area contributed by atoms with Crippen LogP contribution in [0.2, 0.25) is 0 Å². The number of benzene rings is 1. The zero-order valence-electron chi connectivity index (χ0n) is 15.9. The summed E-state index contributed by atoms with van der Waals surface area (Å²) in [5.41, 5.74) is 2.10. The molecule has 142 valence electrons. The van der Waals surface area contributed by atoms with Gasteiger partial charge in [0.2, 0.25) is 11.8 Å². The molecular weight excluding hydrogens is 328 g/mol. The second-order valence-corrected chi connectivity index (χ2v) is 7.82. The summed E-state index contributed by atoms with van der Waals surface area (Å²) in [5, 5.41) is 2.95. The molecule has 1 atom stereocenters. The predicted molar refractivity (Wildman–Crippen MR) is 102 cm³/mol. The molecule has 1 saturated heterocycles. The van der Waals surface area contributed by atoms with Gasteiger partial charge < -0.3 is 15.0 Å². The first-order valence-electron chi connectivity index (χ1n) is 9.80. The molecule has 1 aliphatic heterocycles. The molecule has 1 aliphatic carbocycles. The lowest BCUT2D eigenvalue weighted by Crippen LogP contribution is -2.33. The molecule has 0 aromatic heterocycles. The number of hydrogen-bond acceptors (Lipinski definition) is 3.